The Labute approximate surface area is 106 Å². The van der Waals surface area contributed by atoms with Crippen molar-refractivity contribution in [3.05, 3.63) is 22.2 Å². The average Bonchev–Trinajstić information content (AvgIpc) is 2.27. The highest BCUT2D eigenvalue weighted by Crippen LogP contribution is 2.22. The molecule has 0 atom stereocenters. The molecule has 1 aliphatic rings. The summed E-state index contributed by atoms with van der Waals surface area (Å²) >= 11 is 5.91. The van der Waals surface area contributed by atoms with E-state index in [9.17, 15) is 13.2 Å². The first-order valence-corrected chi connectivity index (χ1v) is 5.60. The SMILES string of the molecule is FC(F)(F)COCc1nc(Cl)c2c(n1)CCOC2. The van der Waals surface area contributed by atoms with Crippen LogP contribution in [0.3, 0.4) is 0 Å². The van der Waals surface area contributed by atoms with Crippen LogP contribution in [0.1, 0.15) is 17.1 Å². The first-order valence-electron chi connectivity index (χ1n) is 5.22. The molecule has 0 N–H and O–H groups in total. The van der Waals surface area contributed by atoms with Gasteiger partial charge in [0.15, 0.2) is 5.82 Å². The Morgan fingerprint density at radius 1 is 1.33 bits per heavy atom. The van der Waals surface area contributed by atoms with Crippen LogP contribution >= 0.6 is 11.6 Å². The zero-order valence-electron chi connectivity index (χ0n) is 9.26. The molecule has 2 heterocycles. The summed E-state index contributed by atoms with van der Waals surface area (Å²) in [5, 5.41) is 0.213. The van der Waals surface area contributed by atoms with Gasteiger partial charge in [-0.2, -0.15) is 13.2 Å². The lowest BCUT2D eigenvalue weighted by molar-refractivity contribution is -0.177. The predicted molar refractivity (Wildman–Crippen MR) is 56.1 cm³/mol. The van der Waals surface area contributed by atoms with E-state index in [-0.39, 0.29) is 17.6 Å². The number of nitrogens with zero attached hydrogens (tertiary/aromatic N) is 2. The number of ether oxygens (including phenoxy) is 2. The second-order valence-electron chi connectivity index (χ2n) is 3.77. The maximum atomic E-state index is 11.9. The van der Waals surface area contributed by atoms with Crippen LogP contribution in [0.25, 0.3) is 0 Å². The summed E-state index contributed by atoms with van der Waals surface area (Å²) < 4.78 is 45.4. The quantitative estimate of drug-likeness (QED) is 0.798. The van der Waals surface area contributed by atoms with E-state index in [0.29, 0.717) is 30.9 Å². The highest BCUT2D eigenvalue weighted by atomic mass is 35.5. The summed E-state index contributed by atoms with van der Waals surface area (Å²) in [4.78, 5) is 8.01. The molecule has 0 fully saturated rings. The number of rotatable bonds is 3. The minimum atomic E-state index is -4.36. The molecule has 2 rings (SSSR count). The van der Waals surface area contributed by atoms with Gasteiger partial charge in [-0.05, 0) is 0 Å². The minimum absolute atomic E-state index is 0.157. The Morgan fingerprint density at radius 3 is 2.83 bits per heavy atom. The van der Waals surface area contributed by atoms with Crippen LogP contribution in [0.15, 0.2) is 0 Å². The van der Waals surface area contributed by atoms with Gasteiger partial charge >= 0.3 is 6.18 Å². The monoisotopic (exact) mass is 282 g/mol. The topological polar surface area (TPSA) is 44.2 Å². The molecule has 0 aromatic carbocycles. The number of halogens is 4. The van der Waals surface area contributed by atoms with Crippen LogP contribution in [0, 0.1) is 0 Å². The van der Waals surface area contributed by atoms with Gasteiger partial charge in [-0.1, -0.05) is 11.6 Å². The molecule has 0 bridgehead atoms. The van der Waals surface area contributed by atoms with Crippen molar-refractivity contribution in [3.8, 4) is 0 Å². The molecule has 0 amide bonds. The Bertz CT molecular complexity index is 440. The minimum Gasteiger partial charge on any atom is -0.376 e. The summed E-state index contributed by atoms with van der Waals surface area (Å²) in [6, 6.07) is 0. The van der Waals surface area contributed by atoms with Crippen molar-refractivity contribution >= 4 is 11.6 Å². The smallest absolute Gasteiger partial charge is 0.376 e. The fraction of sp³-hybridized carbons (Fsp3) is 0.600. The third-order valence-electron chi connectivity index (χ3n) is 2.32. The zero-order chi connectivity index (χ0) is 13.2. The van der Waals surface area contributed by atoms with Gasteiger partial charge in [0.05, 0.1) is 18.9 Å². The summed E-state index contributed by atoms with van der Waals surface area (Å²) in [6.07, 6.45) is -3.78. The molecule has 0 saturated carbocycles. The van der Waals surface area contributed by atoms with Crippen LogP contribution < -0.4 is 0 Å². The highest BCUT2D eigenvalue weighted by molar-refractivity contribution is 6.30. The fourth-order valence-electron chi connectivity index (χ4n) is 1.56. The lowest BCUT2D eigenvalue weighted by Gasteiger charge is -2.17. The van der Waals surface area contributed by atoms with Crippen molar-refractivity contribution < 1.29 is 22.6 Å². The van der Waals surface area contributed by atoms with Crippen molar-refractivity contribution in [2.75, 3.05) is 13.2 Å². The summed E-state index contributed by atoms with van der Waals surface area (Å²) in [5.41, 5.74) is 1.41. The molecule has 4 nitrogen and oxygen atoms in total. The maximum Gasteiger partial charge on any atom is 0.411 e. The van der Waals surface area contributed by atoms with Gasteiger partial charge < -0.3 is 9.47 Å². The lowest BCUT2D eigenvalue weighted by atomic mass is 10.1. The predicted octanol–water partition coefficient (Wildman–Crippen LogP) is 2.28. The van der Waals surface area contributed by atoms with E-state index in [1.165, 1.54) is 0 Å². The van der Waals surface area contributed by atoms with Crippen LogP contribution in [0.4, 0.5) is 13.2 Å². The van der Waals surface area contributed by atoms with Gasteiger partial charge in [-0.25, -0.2) is 9.97 Å². The van der Waals surface area contributed by atoms with E-state index in [4.69, 9.17) is 16.3 Å². The largest absolute Gasteiger partial charge is 0.411 e. The first-order chi connectivity index (χ1) is 8.46. The van der Waals surface area contributed by atoms with Crippen LogP contribution in [0.5, 0.6) is 0 Å². The third kappa shape index (κ3) is 3.54. The van der Waals surface area contributed by atoms with Crippen molar-refractivity contribution in [2.24, 2.45) is 0 Å². The second kappa shape index (κ2) is 5.38. The Hall–Kier alpha value is -0.920. The number of aromatic nitrogens is 2. The van der Waals surface area contributed by atoms with E-state index in [0.717, 1.165) is 0 Å². The molecule has 0 spiro atoms. The zero-order valence-corrected chi connectivity index (χ0v) is 10.0. The Morgan fingerprint density at radius 2 is 2.11 bits per heavy atom. The van der Waals surface area contributed by atoms with Crippen LogP contribution in [-0.4, -0.2) is 29.4 Å². The van der Waals surface area contributed by atoms with Gasteiger partial charge in [0.25, 0.3) is 0 Å². The van der Waals surface area contributed by atoms with Crippen molar-refractivity contribution in [1.29, 1.82) is 0 Å². The molecule has 100 valence electrons. The Kier molecular flexibility index (Phi) is 4.04. The normalized spacial score (nSPS) is 15.6. The number of hydrogen-bond acceptors (Lipinski definition) is 4. The Balaban J connectivity index is 2.03. The van der Waals surface area contributed by atoms with Gasteiger partial charge in [0, 0.05) is 12.0 Å². The fourth-order valence-corrected chi connectivity index (χ4v) is 1.82. The lowest BCUT2D eigenvalue weighted by Crippen LogP contribution is -2.19. The number of alkyl halides is 3. The van der Waals surface area contributed by atoms with Crippen molar-refractivity contribution in [1.82, 2.24) is 9.97 Å². The molecular formula is C10H10ClF3N2O2. The van der Waals surface area contributed by atoms with Crippen LogP contribution in [0.2, 0.25) is 5.15 Å². The van der Waals surface area contributed by atoms with Gasteiger partial charge in [-0.15, -0.1) is 0 Å². The second-order valence-corrected chi connectivity index (χ2v) is 4.12. The molecule has 0 unspecified atom stereocenters. The third-order valence-corrected chi connectivity index (χ3v) is 2.63. The van der Waals surface area contributed by atoms with Gasteiger partial charge in [-0.3, -0.25) is 0 Å². The van der Waals surface area contributed by atoms with Crippen molar-refractivity contribution in [3.63, 3.8) is 0 Å². The van der Waals surface area contributed by atoms with E-state index < -0.39 is 12.8 Å². The molecule has 8 heteroatoms. The molecular weight excluding hydrogens is 273 g/mol. The number of fused-ring (bicyclic) bond motifs is 1. The molecule has 1 aliphatic heterocycles. The van der Waals surface area contributed by atoms with E-state index in [1.54, 1.807) is 0 Å². The molecule has 18 heavy (non-hydrogen) atoms. The maximum absolute atomic E-state index is 11.9. The first kappa shape index (κ1) is 13.5. The highest BCUT2D eigenvalue weighted by Gasteiger charge is 2.27. The molecule has 1 aromatic heterocycles. The standard InChI is InChI=1S/C10H10ClF3N2O2/c11-9-6-3-17-2-1-7(6)15-8(16-9)4-18-5-10(12,13)14/h1-5H2. The van der Waals surface area contributed by atoms with Gasteiger partial charge in [0.1, 0.15) is 18.4 Å². The molecule has 0 radical (unpaired) electrons. The van der Waals surface area contributed by atoms with Crippen molar-refractivity contribution in [2.45, 2.75) is 25.8 Å². The molecule has 1 aromatic rings. The van der Waals surface area contributed by atoms with Gasteiger partial charge in [0.2, 0.25) is 0 Å². The van der Waals surface area contributed by atoms with E-state index in [2.05, 4.69) is 14.7 Å². The molecule has 0 aliphatic carbocycles. The average molecular weight is 283 g/mol. The summed E-state index contributed by atoms with van der Waals surface area (Å²) in [6.45, 7) is -0.789. The molecule has 0 saturated heterocycles. The summed E-state index contributed by atoms with van der Waals surface area (Å²) in [7, 11) is 0. The van der Waals surface area contributed by atoms with E-state index in [1.807, 2.05) is 0 Å². The van der Waals surface area contributed by atoms with E-state index >= 15 is 0 Å². The van der Waals surface area contributed by atoms with Crippen LogP contribution in [-0.2, 0) is 29.1 Å². The summed E-state index contributed by atoms with van der Waals surface area (Å²) in [5.74, 6) is 0.157. The number of hydrogen-bond donors (Lipinski definition) is 0.